The minimum atomic E-state index is -1.28. The van der Waals surface area contributed by atoms with Gasteiger partial charge in [-0.15, -0.1) is 0 Å². The number of hydrogen-bond donors (Lipinski definition) is 5. The van der Waals surface area contributed by atoms with Crippen molar-refractivity contribution < 1.29 is 25.2 Å². The number of anilines is 1. The van der Waals surface area contributed by atoms with Crippen molar-refractivity contribution in [1.29, 1.82) is 0 Å². The zero-order valence-corrected chi connectivity index (χ0v) is 16.0. The number of aromatic nitrogens is 4. The number of imidazole rings is 1. The van der Waals surface area contributed by atoms with Crippen molar-refractivity contribution in [3.05, 3.63) is 48.0 Å². The van der Waals surface area contributed by atoms with Gasteiger partial charge in [-0.05, 0) is 11.5 Å². The molecular weight excluding hydrogens is 390 g/mol. The first-order valence-corrected chi connectivity index (χ1v) is 9.32. The zero-order valence-electron chi connectivity index (χ0n) is 16.0. The number of ether oxygens (including phenoxy) is 1. The molecule has 1 aliphatic heterocycles. The first kappa shape index (κ1) is 20.2. The molecule has 3 aromatic rings. The summed E-state index contributed by atoms with van der Waals surface area (Å²) in [5.74, 6) is 6.02. The van der Waals surface area contributed by atoms with E-state index in [1.165, 1.54) is 10.9 Å². The second-order valence-electron chi connectivity index (χ2n) is 6.78. The fraction of sp³-hybridized carbons (Fsp3) is 0.350. The van der Waals surface area contributed by atoms with E-state index in [2.05, 4.69) is 32.1 Å². The van der Waals surface area contributed by atoms with E-state index in [4.69, 9.17) is 4.74 Å². The fourth-order valence-corrected chi connectivity index (χ4v) is 3.29. The van der Waals surface area contributed by atoms with Crippen LogP contribution < -0.4 is 5.32 Å². The molecule has 3 heterocycles. The maximum atomic E-state index is 10.3. The molecule has 30 heavy (non-hydrogen) atoms. The van der Waals surface area contributed by atoms with Crippen LogP contribution in [0, 0.1) is 11.8 Å². The number of benzene rings is 1. The largest absolute Gasteiger partial charge is 0.394 e. The zero-order chi connectivity index (χ0) is 21.3. The van der Waals surface area contributed by atoms with Gasteiger partial charge in [0.15, 0.2) is 23.2 Å². The average Bonchev–Trinajstić information content (AvgIpc) is 3.32. The van der Waals surface area contributed by atoms with Crippen molar-refractivity contribution in [3.63, 3.8) is 0 Å². The monoisotopic (exact) mass is 411 g/mol. The third-order valence-electron chi connectivity index (χ3n) is 4.89. The number of nitrogens with zero attached hydrogens (tertiary/aromatic N) is 4. The second kappa shape index (κ2) is 8.35. The van der Waals surface area contributed by atoms with Crippen molar-refractivity contribution in [2.24, 2.45) is 0 Å². The van der Waals surface area contributed by atoms with E-state index in [9.17, 15) is 20.4 Å². The summed E-state index contributed by atoms with van der Waals surface area (Å²) in [7, 11) is 1.67. The number of aliphatic hydroxyl groups is 4. The summed E-state index contributed by atoms with van der Waals surface area (Å²) in [5.41, 5.74) is 1.39. The van der Waals surface area contributed by atoms with E-state index in [1.807, 2.05) is 6.07 Å². The van der Waals surface area contributed by atoms with Gasteiger partial charge in [0.2, 0.25) is 5.82 Å². The van der Waals surface area contributed by atoms with Gasteiger partial charge in [-0.3, -0.25) is 4.57 Å². The molecule has 1 aliphatic rings. The van der Waals surface area contributed by atoms with Gasteiger partial charge in [0.1, 0.15) is 24.4 Å². The van der Waals surface area contributed by atoms with E-state index in [-0.39, 0.29) is 5.82 Å². The Morgan fingerprint density at radius 3 is 2.63 bits per heavy atom. The van der Waals surface area contributed by atoms with Crippen LogP contribution in [-0.2, 0) is 4.74 Å². The van der Waals surface area contributed by atoms with Gasteiger partial charge < -0.3 is 30.5 Å². The van der Waals surface area contributed by atoms with Crippen molar-refractivity contribution >= 4 is 17.0 Å². The van der Waals surface area contributed by atoms with Crippen LogP contribution >= 0.6 is 0 Å². The van der Waals surface area contributed by atoms with Crippen LogP contribution in [0.2, 0.25) is 0 Å². The normalized spacial score (nSPS) is 24.4. The van der Waals surface area contributed by atoms with Crippen molar-refractivity contribution in [2.75, 3.05) is 19.0 Å². The molecule has 4 rings (SSSR count). The van der Waals surface area contributed by atoms with Crippen LogP contribution in [0.1, 0.15) is 23.7 Å². The molecule has 0 bridgehead atoms. The third-order valence-corrected chi connectivity index (χ3v) is 4.89. The average molecular weight is 411 g/mol. The fourth-order valence-electron chi connectivity index (χ4n) is 3.29. The minimum absolute atomic E-state index is 0.135. The van der Waals surface area contributed by atoms with E-state index in [1.54, 1.807) is 31.3 Å². The van der Waals surface area contributed by atoms with Gasteiger partial charge in [-0.25, -0.2) is 15.0 Å². The summed E-state index contributed by atoms with van der Waals surface area (Å²) in [6.07, 6.45) is -4.03. The van der Waals surface area contributed by atoms with Crippen LogP contribution in [0.5, 0.6) is 0 Å². The van der Waals surface area contributed by atoms with Gasteiger partial charge >= 0.3 is 0 Å². The molecule has 5 atom stereocenters. The lowest BCUT2D eigenvalue weighted by molar-refractivity contribution is -0.0511. The molecule has 0 spiro atoms. The minimum Gasteiger partial charge on any atom is -0.394 e. The Morgan fingerprint density at radius 1 is 1.20 bits per heavy atom. The topological polar surface area (TPSA) is 146 Å². The molecule has 0 aliphatic carbocycles. The first-order valence-electron chi connectivity index (χ1n) is 9.32. The van der Waals surface area contributed by atoms with Crippen LogP contribution in [0.4, 0.5) is 5.82 Å². The molecule has 156 valence electrons. The van der Waals surface area contributed by atoms with Crippen molar-refractivity contribution in [3.8, 4) is 11.8 Å². The van der Waals surface area contributed by atoms with Gasteiger partial charge in [-0.2, -0.15) is 0 Å². The summed E-state index contributed by atoms with van der Waals surface area (Å²) in [6, 6.07) is 8.99. The maximum Gasteiger partial charge on any atom is 0.209 e. The van der Waals surface area contributed by atoms with Crippen LogP contribution in [0.3, 0.4) is 0 Å². The Hall–Kier alpha value is -3.07. The molecule has 2 aromatic heterocycles. The Morgan fingerprint density at radius 2 is 1.97 bits per heavy atom. The number of nitrogens with one attached hydrogen (secondary N) is 1. The van der Waals surface area contributed by atoms with Gasteiger partial charge in [0.05, 0.1) is 12.9 Å². The Labute approximate surface area is 171 Å². The predicted molar refractivity (Wildman–Crippen MR) is 106 cm³/mol. The maximum absolute atomic E-state index is 10.3. The van der Waals surface area contributed by atoms with E-state index < -0.39 is 37.3 Å². The van der Waals surface area contributed by atoms with Crippen LogP contribution in [-0.4, -0.2) is 71.9 Å². The lowest BCUT2D eigenvalue weighted by atomic mass is 10.1. The highest BCUT2D eigenvalue weighted by atomic mass is 16.6. The molecule has 10 nitrogen and oxygen atoms in total. The number of hydrogen-bond acceptors (Lipinski definition) is 9. The SMILES string of the molecule is CNc1nc(C#CC(O)c2ccccc2)nc2c1ncn2[C@@H]1O[C@H](CO)[C@@H](O)[C@H]1O. The summed E-state index contributed by atoms with van der Waals surface area (Å²) in [5, 5.41) is 42.9. The highest BCUT2D eigenvalue weighted by molar-refractivity contribution is 5.83. The second-order valence-corrected chi connectivity index (χ2v) is 6.78. The number of rotatable bonds is 4. The molecule has 0 radical (unpaired) electrons. The standard InChI is InChI=1S/C20H21N5O5/c1-21-18-15-19(25(10-22-15)20-17(29)16(28)13(9-26)30-20)24-14(23-18)8-7-12(27)11-5-3-2-4-6-11/h2-6,10,12-13,16-17,20,26-29H,9H2,1H3,(H,21,23,24)/t12?,13-,16-,17-,20-/m1/s1. The molecule has 5 N–H and O–H groups in total. The highest BCUT2D eigenvalue weighted by Gasteiger charge is 2.44. The number of aliphatic hydroxyl groups excluding tert-OH is 4. The van der Waals surface area contributed by atoms with Crippen LogP contribution in [0.15, 0.2) is 36.7 Å². The Kier molecular flexibility index (Phi) is 5.63. The molecule has 0 amide bonds. The quantitative estimate of drug-likeness (QED) is 0.361. The van der Waals surface area contributed by atoms with Gasteiger partial charge in [-0.1, -0.05) is 36.3 Å². The van der Waals surface area contributed by atoms with E-state index in [0.717, 1.165) is 0 Å². The molecule has 1 fully saturated rings. The summed E-state index contributed by atoms with van der Waals surface area (Å²) < 4.78 is 7.03. The van der Waals surface area contributed by atoms with Crippen molar-refractivity contribution in [2.45, 2.75) is 30.6 Å². The highest BCUT2D eigenvalue weighted by Crippen LogP contribution is 2.32. The number of fused-ring (bicyclic) bond motifs is 1. The Bertz CT molecular complexity index is 1090. The molecule has 0 saturated carbocycles. The molecular formula is C20H21N5O5. The smallest absolute Gasteiger partial charge is 0.209 e. The molecule has 1 saturated heterocycles. The van der Waals surface area contributed by atoms with E-state index >= 15 is 0 Å². The van der Waals surface area contributed by atoms with Gasteiger partial charge in [0.25, 0.3) is 0 Å². The van der Waals surface area contributed by atoms with Crippen LogP contribution in [0.25, 0.3) is 11.2 Å². The molecule has 10 heteroatoms. The third kappa shape index (κ3) is 3.60. The lowest BCUT2D eigenvalue weighted by Crippen LogP contribution is -2.33. The summed E-state index contributed by atoms with van der Waals surface area (Å²) >= 11 is 0. The lowest BCUT2D eigenvalue weighted by Gasteiger charge is -2.16. The first-order chi connectivity index (χ1) is 14.5. The van der Waals surface area contributed by atoms with Crippen molar-refractivity contribution in [1.82, 2.24) is 19.5 Å². The van der Waals surface area contributed by atoms with Gasteiger partial charge in [0, 0.05) is 7.05 Å². The Balaban J connectivity index is 1.72. The predicted octanol–water partition coefficient (Wildman–Crippen LogP) is -0.435. The summed E-state index contributed by atoms with van der Waals surface area (Å²) in [4.78, 5) is 13.0. The van der Waals surface area contributed by atoms with E-state index in [0.29, 0.717) is 22.5 Å². The summed E-state index contributed by atoms with van der Waals surface area (Å²) in [6.45, 7) is -0.438. The molecule has 1 aromatic carbocycles. The molecule has 1 unspecified atom stereocenters.